The SMILES string of the molecule is Bc1nc2c([nH]1)c(=O)n(C)c(=O)n2C. The van der Waals surface area contributed by atoms with Crippen LogP contribution >= 0.6 is 0 Å². The van der Waals surface area contributed by atoms with E-state index in [2.05, 4.69) is 9.97 Å². The maximum atomic E-state index is 11.6. The van der Waals surface area contributed by atoms with Crippen molar-refractivity contribution in [3.05, 3.63) is 20.8 Å². The highest BCUT2D eigenvalue weighted by Gasteiger charge is 2.10. The predicted molar refractivity (Wildman–Crippen MR) is 54.8 cm³/mol. The first-order chi connectivity index (χ1) is 6.52. The number of hydrogen-bond donors (Lipinski definition) is 1. The molecule has 0 amide bonds. The van der Waals surface area contributed by atoms with Gasteiger partial charge < -0.3 is 4.98 Å². The second-order valence-corrected chi connectivity index (χ2v) is 3.23. The molecule has 0 bridgehead atoms. The van der Waals surface area contributed by atoms with Crippen LogP contribution in [0.2, 0.25) is 0 Å². The first kappa shape index (κ1) is 8.80. The molecule has 0 fully saturated rings. The van der Waals surface area contributed by atoms with Gasteiger partial charge in [-0.2, -0.15) is 0 Å². The van der Waals surface area contributed by atoms with Crippen molar-refractivity contribution >= 4 is 24.7 Å². The van der Waals surface area contributed by atoms with Crippen LogP contribution in [0.5, 0.6) is 0 Å². The van der Waals surface area contributed by atoms with E-state index in [1.165, 1.54) is 11.6 Å². The van der Waals surface area contributed by atoms with Gasteiger partial charge in [-0.25, -0.2) is 9.78 Å². The second-order valence-electron chi connectivity index (χ2n) is 3.23. The fourth-order valence-electron chi connectivity index (χ4n) is 1.44. The Labute approximate surface area is 79.6 Å². The topological polar surface area (TPSA) is 72.7 Å². The summed E-state index contributed by atoms with van der Waals surface area (Å²) in [5.74, 6) is 0. The van der Waals surface area contributed by atoms with Crippen LogP contribution in [0.1, 0.15) is 0 Å². The van der Waals surface area contributed by atoms with Crippen molar-refractivity contribution < 1.29 is 0 Å². The van der Waals surface area contributed by atoms with Crippen LogP contribution in [0.15, 0.2) is 9.59 Å². The highest BCUT2D eigenvalue weighted by Crippen LogP contribution is 1.95. The molecule has 2 heterocycles. The molecule has 6 nitrogen and oxygen atoms in total. The van der Waals surface area contributed by atoms with Crippen LogP contribution in [-0.4, -0.2) is 26.9 Å². The van der Waals surface area contributed by atoms with Crippen molar-refractivity contribution in [2.75, 3.05) is 0 Å². The highest BCUT2D eigenvalue weighted by atomic mass is 16.2. The molecule has 0 aromatic carbocycles. The summed E-state index contributed by atoms with van der Waals surface area (Å²) in [4.78, 5) is 30.0. The van der Waals surface area contributed by atoms with Gasteiger partial charge in [0.25, 0.3) is 5.56 Å². The maximum Gasteiger partial charge on any atom is 0.332 e. The molecule has 0 atom stereocenters. The molecular weight excluding hydrogens is 183 g/mol. The number of rotatable bonds is 0. The molecule has 2 aromatic rings. The van der Waals surface area contributed by atoms with E-state index in [4.69, 9.17) is 0 Å². The normalized spacial score (nSPS) is 11.0. The lowest BCUT2D eigenvalue weighted by molar-refractivity contribution is 0.709. The van der Waals surface area contributed by atoms with E-state index in [0.29, 0.717) is 16.9 Å². The number of fused-ring (bicyclic) bond motifs is 1. The zero-order valence-electron chi connectivity index (χ0n) is 8.16. The van der Waals surface area contributed by atoms with Gasteiger partial charge in [0.2, 0.25) is 0 Å². The molecule has 14 heavy (non-hydrogen) atoms. The van der Waals surface area contributed by atoms with Gasteiger partial charge in [0.1, 0.15) is 5.52 Å². The molecule has 0 radical (unpaired) electrons. The van der Waals surface area contributed by atoms with Gasteiger partial charge >= 0.3 is 5.69 Å². The van der Waals surface area contributed by atoms with E-state index in [1.807, 2.05) is 0 Å². The number of nitrogens with one attached hydrogen (secondary N) is 1. The van der Waals surface area contributed by atoms with E-state index >= 15 is 0 Å². The van der Waals surface area contributed by atoms with Gasteiger partial charge in [0.15, 0.2) is 13.5 Å². The van der Waals surface area contributed by atoms with Gasteiger partial charge in [-0.3, -0.25) is 13.9 Å². The van der Waals surface area contributed by atoms with Crippen molar-refractivity contribution in [3.63, 3.8) is 0 Å². The third-order valence-corrected chi connectivity index (χ3v) is 2.21. The molecule has 0 aliphatic rings. The number of nitrogens with zero attached hydrogens (tertiary/aromatic N) is 3. The molecule has 0 aliphatic heterocycles. The first-order valence-corrected chi connectivity index (χ1v) is 4.14. The summed E-state index contributed by atoms with van der Waals surface area (Å²) in [5, 5.41) is 0. The van der Waals surface area contributed by atoms with Crippen LogP contribution in [-0.2, 0) is 14.1 Å². The van der Waals surface area contributed by atoms with E-state index < -0.39 is 0 Å². The van der Waals surface area contributed by atoms with E-state index in [-0.39, 0.29) is 11.2 Å². The zero-order chi connectivity index (χ0) is 10.5. The third kappa shape index (κ3) is 0.950. The summed E-state index contributed by atoms with van der Waals surface area (Å²) in [5.41, 5.74) is 0.679. The maximum absolute atomic E-state index is 11.6. The minimum atomic E-state index is -0.367. The van der Waals surface area contributed by atoms with E-state index in [9.17, 15) is 9.59 Å². The van der Waals surface area contributed by atoms with Crippen LogP contribution < -0.4 is 17.0 Å². The van der Waals surface area contributed by atoms with Crippen molar-refractivity contribution in [3.8, 4) is 0 Å². The molecule has 7 heteroatoms. The molecular formula is C7H9BN4O2. The third-order valence-electron chi connectivity index (χ3n) is 2.21. The fraction of sp³-hybridized carbons (Fsp3) is 0.286. The fourth-order valence-corrected chi connectivity index (χ4v) is 1.44. The Balaban J connectivity index is 3.17. The van der Waals surface area contributed by atoms with Gasteiger partial charge in [-0.15, -0.1) is 0 Å². The Morgan fingerprint density at radius 2 is 1.93 bits per heavy atom. The number of hydrogen-bond acceptors (Lipinski definition) is 3. The summed E-state index contributed by atoms with van der Waals surface area (Å²) in [6.45, 7) is 0. The lowest BCUT2D eigenvalue weighted by atomic mass is 10.1. The summed E-state index contributed by atoms with van der Waals surface area (Å²) in [6.07, 6.45) is 0. The van der Waals surface area contributed by atoms with Crippen molar-refractivity contribution in [2.24, 2.45) is 14.1 Å². The Bertz CT molecular complexity index is 621. The van der Waals surface area contributed by atoms with Crippen LogP contribution in [0.25, 0.3) is 11.2 Å². The van der Waals surface area contributed by atoms with Crippen LogP contribution in [0, 0.1) is 0 Å². The molecule has 2 rings (SSSR count). The largest absolute Gasteiger partial charge is 0.345 e. The number of aryl methyl sites for hydroxylation is 1. The first-order valence-electron chi connectivity index (χ1n) is 4.14. The quantitative estimate of drug-likeness (QED) is 0.459. The monoisotopic (exact) mass is 192 g/mol. The minimum absolute atomic E-state index is 0.344. The summed E-state index contributed by atoms with van der Waals surface area (Å²) >= 11 is 0. The van der Waals surface area contributed by atoms with Gasteiger partial charge in [-0.1, -0.05) is 0 Å². The lowest BCUT2D eigenvalue weighted by Gasteiger charge is -2.00. The molecule has 0 spiro atoms. The Morgan fingerprint density at radius 3 is 2.57 bits per heavy atom. The summed E-state index contributed by atoms with van der Waals surface area (Å²) < 4.78 is 2.40. The molecule has 0 saturated carbocycles. The second kappa shape index (κ2) is 2.60. The van der Waals surface area contributed by atoms with E-state index in [1.54, 1.807) is 14.9 Å². The molecule has 1 N–H and O–H groups in total. The van der Waals surface area contributed by atoms with Crippen molar-refractivity contribution in [2.45, 2.75) is 0 Å². The minimum Gasteiger partial charge on any atom is -0.345 e. The van der Waals surface area contributed by atoms with Gasteiger partial charge in [0.05, 0.1) is 5.72 Å². The Hall–Kier alpha value is -1.79. The number of aromatic nitrogens is 4. The van der Waals surface area contributed by atoms with Gasteiger partial charge in [-0.05, 0) is 0 Å². The standard InChI is InChI=1S/C7H9BN4O2/c1-11-4-3(9-6(8)10-4)5(13)12(2)7(11)14/h8H2,1-2H3,(H,9,10). The van der Waals surface area contributed by atoms with Crippen LogP contribution in [0.3, 0.4) is 0 Å². The van der Waals surface area contributed by atoms with E-state index in [0.717, 1.165) is 4.57 Å². The Morgan fingerprint density at radius 1 is 1.29 bits per heavy atom. The average molecular weight is 192 g/mol. The number of aromatic amines is 1. The molecule has 72 valence electrons. The molecule has 0 aliphatic carbocycles. The predicted octanol–water partition coefficient (Wildman–Crippen LogP) is -2.78. The number of H-pyrrole nitrogens is 1. The highest BCUT2D eigenvalue weighted by molar-refractivity contribution is 6.29. The smallest absolute Gasteiger partial charge is 0.332 e. The van der Waals surface area contributed by atoms with Crippen LogP contribution in [0.4, 0.5) is 0 Å². The lowest BCUT2D eigenvalue weighted by Crippen LogP contribution is -2.36. The molecule has 2 aromatic heterocycles. The van der Waals surface area contributed by atoms with Crippen molar-refractivity contribution in [1.82, 2.24) is 19.1 Å². The molecule has 0 unspecified atom stereocenters. The summed E-state index contributed by atoms with van der Waals surface area (Å²) in [7, 11) is 4.77. The summed E-state index contributed by atoms with van der Waals surface area (Å²) in [6, 6.07) is 0. The van der Waals surface area contributed by atoms with Crippen molar-refractivity contribution in [1.29, 1.82) is 0 Å². The zero-order valence-corrected chi connectivity index (χ0v) is 8.16. The average Bonchev–Trinajstić information content (AvgIpc) is 2.54. The molecule has 0 saturated heterocycles. The Kier molecular flexibility index (Phi) is 1.63. The van der Waals surface area contributed by atoms with Gasteiger partial charge in [0, 0.05) is 14.1 Å². The number of imidazole rings is 1.